The molecule has 0 radical (unpaired) electrons. The molecule has 2 saturated heterocycles. The maximum absolute atomic E-state index is 12.1. The number of alkyl halides is 1. The monoisotopic (exact) mass is 827 g/mol. The van der Waals surface area contributed by atoms with Crippen LogP contribution in [0.5, 0.6) is 0 Å². The fourth-order valence-corrected chi connectivity index (χ4v) is 5.15. The first-order valence-electron chi connectivity index (χ1n) is 18.2. The minimum Gasteiger partial charge on any atom is -0.480 e. The van der Waals surface area contributed by atoms with Crippen molar-refractivity contribution in [3.05, 3.63) is 0 Å². The first-order valence-corrected chi connectivity index (χ1v) is 19.3. The van der Waals surface area contributed by atoms with Crippen LogP contribution in [0.1, 0.15) is 61.3 Å². The summed E-state index contributed by atoms with van der Waals surface area (Å²) in [5.74, 6) is 2.90. The number of carboxylic acid groups (broad SMARTS) is 2. The van der Waals surface area contributed by atoms with Crippen molar-refractivity contribution in [3.8, 4) is 30.8 Å². The minimum absolute atomic E-state index is 0.0239. The average molecular weight is 829 g/mol. The lowest BCUT2D eigenvalue weighted by Crippen LogP contribution is -2.42. The van der Waals surface area contributed by atoms with Crippen molar-refractivity contribution >= 4 is 39.8 Å². The van der Waals surface area contributed by atoms with E-state index in [0.717, 1.165) is 57.6 Å². The van der Waals surface area contributed by atoms with Crippen LogP contribution in [0.25, 0.3) is 0 Å². The van der Waals surface area contributed by atoms with Gasteiger partial charge in [0.2, 0.25) is 0 Å². The van der Waals surface area contributed by atoms with Crippen LogP contribution in [0.2, 0.25) is 0 Å². The second-order valence-corrected chi connectivity index (χ2v) is 15.3. The Labute approximate surface area is 332 Å². The van der Waals surface area contributed by atoms with E-state index in [1.165, 1.54) is 6.92 Å². The highest BCUT2D eigenvalue weighted by molar-refractivity contribution is 9.09. The largest absolute Gasteiger partial charge is 0.480 e. The number of nitriles is 1. The molecule has 2 rings (SSSR count). The van der Waals surface area contributed by atoms with Gasteiger partial charge in [-0.05, 0) is 41.5 Å². The van der Waals surface area contributed by atoms with E-state index in [2.05, 4.69) is 47.8 Å². The normalized spacial score (nSPS) is 16.9. The molecular weight excluding hydrogens is 762 g/mol. The zero-order valence-electron chi connectivity index (χ0n) is 33.7. The molecule has 0 saturated carbocycles. The highest BCUT2D eigenvalue weighted by atomic mass is 79.9. The third-order valence-electron chi connectivity index (χ3n) is 7.21. The molecule has 0 aromatic heterocycles. The van der Waals surface area contributed by atoms with Gasteiger partial charge >= 0.3 is 23.9 Å². The number of carbonyl (C=O) groups excluding carboxylic acids is 2. The number of halogens is 1. The first kappa shape index (κ1) is 52.8. The SMILES string of the molecule is C#CCCBr.C#CCCN1CCN(CC(=O)O)CCN(CC(=O)O)CC1.CC#N.CC(C)(C)OC(=O)CN1CCNCCN(CC(=O)OC(C)(C)C)CC1. The molecule has 3 N–H and O–H groups in total. The van der Waals surface area contributed by atoms with Crippen molar-refractivity contribution in [3.63, 3.8) is 0 Å². The van der Waals surface area contributed by atoms with Crippen LogP contribution in [0.15, 0.2) is 0 Å². The lowest BCUT2D eigenvalue weighted by molar-refractivity contribution is -0.158. The Bertz CT molecular complexity index is 1140. The van der Waals surface area contributed by atoms with Crippen molar-refractivity contribution < 1.29 is 38.9 Å². The summed E-state index contributed by atoms with van der Waals surface area (Å²) in [6.07, 6.45) is 11.6. The maximum Gasteiger partial charge on any atom is 0.320 e. The highest BCUT2D eigenvalue weighted by Crippen LogP contribution is 2.09. The number of hydrogen-bond acceptors (Lipinski definition) is 13. The van der Waals surface area contributed by atoms with Gasteiger partial charge in [-0.3, -0.25) is 43.7 Å². The van der Waals surface area contributed by atoms with Gasteiger partial charge in [0.25, 0.3) is 0 Å². The Balaban J connectivity index is 0. The number of terminal acetylenes is 2. The second-order valence-electron chi connectivity index (χ2n) is 14.5. The summed E-state index contributed by atoms with van der Waals surface area (Å²) in [5.41, 5.74) is -0.949. The van der Waals surface area contributed by atoms with Gasteiger partial charge in [-0.1, -0.05) is 15.9 Å². The van der Waals surface area contributed by atoms with Gasteiger partial charge in [0.05, 0.1) is 32.2 Å². The van der Waals surface area contributed by atoms with Crippen molar-refractivity contribution in [2.75, 3.05) is 117 Å². The van der Waals surface area contributed by atoms with E-state index in [4.69, 9.17) is 37.8 Å². The molecule has 16 heteroatoms. The van der Waals surface area contributed by atoms with E-state index in [1.54, 1.807) is 6.07 Å². The minimum atomic E-state index is -0.866. The molecular formula is C38H66BrN7O8. The molecule has 0 aliphatic carbocycles. The van der Waals surface area contributed by atoms with Crippen LogP contribution < -0.4 is 5.32 Å². The number of carboxylic acids is 2. The van der Waals surface area contributed by atoms with E-state index in [0.29, 0.717) is 45.7 Å². The smallest absolute Gasteiger partial charge is 0.320 e. The van der Waals surface area contributed by atoms with Crippen molar-refractivity contribution in [2.45, 2.75) is 72.5 Å². The molecule has 2 heterocycles. The molecule has 0 aromatic carbocycles. The Morgan fingerprint density at radius 1 is 0.648 bits per heavy atom. The third kappa shape index (κ3) is 34.5. The fourth-order valence-electron chi connectivity index (χ4n) is 4.92. The Kier molecular flexibility index (Phi) is 30.3. The van der Waals surface area contributed by atoms with E-state index >= 15 is 0 Å². The van der Waals surface area contributed by atoms with Crippen LogP contribution in [0, 0.1) is 36.0 Å². The Morgan fingerprint density at radius 3 is 1.22 bits per heavy atom. The Morgan fingerprint density at radius 2 is 0.963 bits per heavy atom. The van der Waals surface area contributed by atoms with Crippen LogP contribution in [0.3, 0.4) is 0 Å². The first-order chi connectivity index (χ1) is 25.3. The predicted molar refractivity (Wildman–Crippen MR) is 214 cm³/mol. The van der Waals surface area contributed by atoms with Gasteiger partial charge in [0, 0.05) is 110 Å². The van der Waals surface area contributed by atoms with Gasteiger partial charge in [-0.2, -0.15) is 5.26 Å². The maximum atomic E-state index is 12.1. The molecule has 0 spiro atoms. The molecule has 0 unspecified atom stereocenters. The molecule has 0 amide bonds. The molecule has 15 nitrogen and oxygen atoms in total. The van der Waals surface area contributed by atoms with Crippen LogP contribution >= 0.6 is 15.9 Å². The summed E-state index contributed by atoms with van der Waals surface area (Å²) >= 11 is 3.17. The lowest BCUT2D eigenvalue weighted by Gasteiger charge is -2.27. The quantitative estimate of drug-likeness (QED) is 0.156. The summed E-state index contributed by atoms with van der Waals surface area (Å²) in [6.45, 7) is 22.4. The number of esters is 2. The number of carbonyl (C=O) groups is 4. The molecule has 308 valence electrons. The summed E-state index contributed by atoms with van der Waals surface area (Å²) in [5, 5.41) is 29.4. The summed E-state index contributed by atoms with van der Waals surface area (Å²) in [7, 11) is 0. The summed E-state index contributed by atoms with van der Waals surface area (Å²) in [4.78, 5) is 55.8. The number of ether oxygens (including phenoxy) is 2. The number of hydrogen-bond donors (Lipinski definition) is 3. The lowest BCUT2D eigenvalue weighted by atomic mass is 10.2. The van der Waals surface area contributed by atoms with Gasteiger partial charge < -0.3 is 25.0 Å². The van der Waals surface area contributed by atoms with Gasteiger partial charge in [-0.15, -0.1) is 24.7 Å². The third-order valence-corrected chi connectivity index (χ3v) is 7.61. The van der Waals surface area contributed by atoms with Gasteiger partial charge in [0.1, 0.15) is 11.2 Å². The zero-order valence-corrected chi connectivity index (χ0v) is 35.3. The molecule has 0 aromatic rings. The average Bonchev–Trinajstić information content (AvgIpc) is 3.19. The van der Waals surface area contributed by atoms with Crippen molar-refractivity contribution in [1.29, 1.82) is 5.26 Å². The summed E-state index contributed by atoms with van der Waals surface area (Å²) < 4.78 is 10.8. The molecule has 54 heavy (non-hydrogen) atoms. The van der Waals surface area contributed by atoms with E-state index in [1.807, 2.05) is 51.3 Å². The van der Waals surface area contributed by atoms with Crippen molar-refractivity contribution in [1.82, 2.24) is 29.8 Å². The summed E-state index contributed by atoms with van der Waals surface area (Å²) in [6, 6.07) is 1.75. The van der Waals surface area contributed by atoms with E-state index in [-0.39, 0.29) is 38.1 Å². The zero-order chi connectivity index (χ0) is 41.6. The topological polar surface area (TPSA) is 179 Å². The predicted octanol–water partition coefficient (Wildman–Crippen LogP) is 1.91. The molecule has 2 fully saturated rings. The standard InChI is InChI=1S/C18H35N3O4.C14H23N3O4.C4H5Br.C2H3N/c1-17(2,3)24-15(22)13-20-9-7-19-8-10-21(12-11-20)14-16(23)25-18(4,5)6;1-2-3-4-15-5-7-16(11-13(18)19)9-10-17(8-6-15)12-14(20)21;1-2-3-4-5;1-2-3/h19H,7-14H2,1-6H3;1H,3-12H2,(H,18,19)(H,20,21);1H,3-4H2;1H3. The van der Waals surface area contributed by atoms with Gasteiger partial charge in [-0.25, -0.2) is 0 Å². The van der Waals surface area contributed by atoms with E-state index < -0.39 is 23.1 Å². The fraction of sp³-hybridized carbons (Fsp3) is 0.763. The number of nitrogens with zero attached hydrogens (tertiary/aromatic N) is 6. The van der Waals surface area contributed by atoms with Gasteiger partial charge in [0.15, 0.2) is 0 Å². The molecule has 0 atom stereocenters. The molecule has 0 bridgehead atoms. The number of aliphatic carboxylic acids is 2. The van der Waals surface area contributed by atoms with Crippen LogP contribution in [0.4, 0.5) is 0 Å². The molecule has 2 aliphatic rings. The number of rotatable bonds is 11. The second kappa shape index (κ2) is 31.0. The van der Waals surface area contributed by atoms with E-state index in [9.17, 15) is 19.2 Å². The molecule has 2 aliphatic heterocycles. The highest BCUT2D eigenvalue weighted by Gasteiger charge is 2.23. The Hall–Kier alpha value is -3.27. The number of nitrogens with one attached hydrogen (secondary N) is 1. The van der Waals surface area contributed by atoms with Crippen LogP contribution in [-0.4, -0.2) is 186 Å². The van der Waals surface area contributed by atoms with Crippen LogP contribution in [-0.2, 0) is 28.7 Å². The van der Waals surface area contributed by atoms with Crippen molar-refractivity contribution in [2.24, 2.45) is 0 Å².